The normalized spacial score (nSPS) is 10.8. The van der Waals surface area contributed by atoms with Gasteiger partial charge in [0.15, 0.2) is 0 Å². The van der Waals surface area contributed by atoms with Gasteiger partial charge in [0.25, 0.3) is 5.91 Å². The topological polar surface area (TPSA) is 56.1 Å². The lowest BCUT2D eigenvalue weighted by Crippen LogP contribution is -2.26. The van der Waals surface area contributed by atoms with Crippen LogP contribution >= 0.6 is 0 Å². The van der Waals surface area contributed by atoms with Gasteiger partial charge < -0.3 is 10.1 Å². The first-order valence-electron chi connectivity index (χ1n) is 7.49. The van der Waals surface area contributed by atoms with Crippen molar-refractivity contribution in [2.75, 3.05) is 13.7 Å². The first-order chi connectivity index (χ1) is 10.5. The second kappa shape index (κ2) is 7.11. The van der Waals surface area contributed by atoms with E-state index in [1.165, 1.54) is 0 Å². The van der Waals surface area contributed by atoms with Gasteiger partial charge in [0.1, 0.15) is 11.4 Å². The summed E-state index contributed by atoms with van der Waals surface area (Å²) < 4.78 is 7.16. The summed E-state index contributed by atoms with van der Waals surface area (Å²) in [5.41, 5.74) is 2.53. The Morgan fingerprint density at radius 2 is 2.09 bits per heavy atom. The molecule has 1 aromatic carbocycles. The molecule has 2 rings (SSSR count). The molecule has 1 amide bonds. The van der Waals surface area contributed by atoms with E-state index >= 15 is 0 Å². The van der Waals surface area contributed by atoms with Crippen LogP contribution in [0, 0.1) is 6.92 Å². The van der Waals surface area contributed by atoms with E-state index in [0.717, 1.165) is 23.4 Å². The van der Waals surface area contributed by atoms with Crippen molar-refractivity contribution in [3.63, 3.8) is 0 Å². The first kappa shape index (κ1) is 16.1. The number of aryl methyl sites for hydroxylation is 1. The number of para-hydroxylation sites is 1. The van der Waals surface area contributed by atoms with Crippen LogP contribution in [-0.2, 0) is 6.42 Å². The van der Waals surface area contributed by atoms with E-state index in [1.54, 1.807) is 7.11 Å². The molecule has 0 saturated carbocycles. The summed E-state index contributed by atoms with van der Waals surface area (Å²) in [4.78, 5) is 12.2. The molecular weight excluding hydrogens is 278 g/mol. The van der Waals surface area contributed by atoms with Gasteiger partial charge in [0, 0.05) is 18.3 Å². The minimum absolute atomic E-state index is 0.141. The van der Waals surface area contributed by atoms with E-state index in [2.05, 4.69) is 10.4 Å². The van der Waals surface area contributed by atoms with Crippen molar-refractivity contribution in [3.8, 4) is 5.75 Å². The van der Waals surface area contributed by atoms with Gasteiger partial charge in [-0.15, -0.1) is 0 Å². The van der Waals surface area contributed by atoms with Crippen molar-refractivity contribution in [2.24, 2.45) is 0 Å². The van der Waals surface area contributed by atoms with E-state index in [9.17, 15) is 4.79 Å². The minimum Gasteiger partial charge on any atom is -0.496 e. The summed E-state index contributed by atoms with van der Waals surface area (Å²) in [7, 11) is 1.65. The predicted octanol–water partition coefficient (Wildman–Crippen LogP) is 2.75. The summed E-state index contributed by atoms with van der Waals surface area (Å²) >= 11 is 0. The maximum Gasteiger partial charge on any atom is 0.271 e. The van der Waals surface area contributed by atoms with Crippen molar-refractivity contribution in [3.05, 3.63) is 47.3 Å². The van der Waals surface area contributed by atoms with Gasteiger partial charge in [-0.25, -0.2) is 0 Å². The summed E-state index contributed by atoms with van der Waals surface area (Å²) in [5.74, 6) is 0.703. The molecular formula is C17H23N3O2. The van der Waals surface area contributed by atoms with Gasteiger partial charge in [-0.2, -0.15) is 5.10 Å². The van der Waals surface area contributed by atoms with Crippen LogP contribution in [0.4, 0.5) is 0 Å². The van der Waals surface area contributed by atoms with Crippen molar-refractivity contribution < 1.29 is 9.53 Å². The third-order valence-corrected chi connectivity index (χ3v) is 3.52. The Morgan fingerprint density at radius 3 is 2.73 bits per heavy atom. The summed E-state index contributed by atoms with van der Waals surface area (Å²) in [6.45, 7) is 6.60. The number of hydrogen-bond acceptors (Lipinski definition) is 3. The Kier molecular flexibility index (Phi) is 5.20. The summed E-state index contributed by atoms with van der Waals surface area (Å²) in [6, 6.07) is 9.89. The molecule has 0 aliphatic carbocycles. The molecule has 0 aliphatic rings. The highest BCUT2D eigenvalue weighted by Crippen LogP contribution is 2.17. The number of nitrogens with one attached hydrogen (secondary N) is 1. The highest BCUT2D eigenvalue weighted by atomic mass is 16.5. The molecule has 22 heavy (non-hydrogen) atoms. The number of carbonyl (C=O) groups excluding carboxylic acids is 1. The number of carbonyl (C=O) groups is 1. The smallest absolute Gasteiger partial charge is 0.271 e. The van der Waals surface area contributed by atoms with Crippen molar-refractivity contribution in [1.82, 2.24) is 15.1 Å². The highest BCUT2D eigenvalue weighted by molar-refractivity contribution is 5.92. The van der Waals surface area contributed by atoms with Crippen LogP contribution in [0.2, 0.25) is 0 Å². The third-order valence-electron chi connectivity index (χ3n) is 3.52. The van der Waals surface area contributed by atoms with Crippen molar-refractivity contribution >= 4 is 5.91 Å². The van der Waals surface area contributed by atoms with Gasteiger partial charge in [-0.1, -0.05) is 18.2 Å². The Balaban J connectivity index is 1.94. The fourth-order valence-corrected chi connectivity index (χ4v) is 2.43. The molecule has 1 N–H and O–H groups in total. The SMILES string of the molecule is COc1ccccc1CCNC(=O)c1cc(C)n(C(C)C)n1. The molecule has 1 aromatic heterocycles. The van der Waals surface area contributed by atoms with Crippen LogP contribution in [0.15, 0.2) is 30.3 Å². The number of hydrogen-bond donors (Lipinski definition) is 1. The molecule has 118 valence electrons. The van der Waals surface area contributed by atoms with E-state index in [4.69, 9.17) is 4.74 Å². The quantitative estimate of drug-likeness (QED) is 0.892. The van der Waals surface area contributed by atoms with Gasteiger partial charge in [0.05, 0.1) is 7.11 Å². The minimum atomic E-state index is -0.141. The molecule has 0 radical (unpaired) electrons. The average Bonchev–Trinajstić information content (AvgIpc) is 2.90. The molecule has 1 heterocycles. The van der Waals surface area contributed by atoms with Gasteiger partial charge in [0.2, 0.25) is 0 Å². The summed E-state index contributed by atoms with van der Waals surface area (Å²) in [6.07, 6.45) is 0.722. The number of rotatable bonds is 6. The molecule has 5 nitrogen and oxygen atoms in total. The molecule has 0 atom stereocenters. The molecule has 0 aliphatic heterocycles. The monoisotopic (exact) mass is 301 g/mol. The lowest BCUT2D eigenvalue weighted by molar-refractivity contribution is 0.0948. The van der Waals surface area contributed by atoms with Crippen LogP contribution in [-0.4, -0.2) is 29.3 Å². The van der Waals surface area contributed by atoms with E-state index < -0.39 is 0 Å². The number of benzene rings is 1. The number of nitrogens with zero attached hydrogens (tertiary/aromatic N) is 2. The second-order valence-corrected chi connectivity index (χ2v) is 5.53. The molecule has 0 fully saturated rings. The standard InChI is InChI=1S/C17H23N3O2/c1-12(2)20-13(3)11-15(19-20)17(21)18-10-9-14-7-5-6-8-16(14)22-4/h5-8,11-12H,9-10H2,1-4H3,(H,18,21). The fourth-order valence-electron chi connectivity index (χ4n) is 2.43. The zero-order valence-electron chi connectivity index (χ0n) is 13.6. The Hall–Kier alpha value is -2.30. The van der Waals surface area contributed by atoms with Crippen molar-refractivity contribution in [1.29, 1.82) is 0 Å². The molecule has 5 heteroatoms. The second-order valence-electron chi connectivity index (χ2n) is 5.53. The maximum absolute atomic E-state index is 12.2. The maximum atomic E-state index is 12.2. The van der Waals surface area contributed by atoms with Crippen LogP contribution < -0.4 is 10.1 Å². The van der Waals surface area contributed by atoms with E-state index in [-0.39, 0.29) is 11.9 Å². The average molecular weight is 301 g/mol. The Morgan fingerprint density at radius 1 is 1.36 bits per heavy atom. The lowest BCUT2D eigenvalue weighted by atomic mass is 10.1. The van der Waals surface area contributed by atoms with Gasteiger partial charge >= 0.3 is 0 Å². The Labute approximate surface area is 131 Å². The molecule has 0 spiro atoms. The molecule has 0 bridgehead atoms. The van der Waals surface area contributed by atoms with Crippen LogP contribution in [0.1, 0.15) is 41.6 Å². The number of amides is 1. The number of aromatic nitrogens is 2. The number of methoxy groups -OCH3 is 1. The number of ether oxygens (including phenoxy) is 1. The van der Waals surface area contributed by atoms with E-state index in [0.29, 0.717) is 12.2 Å². The fraction of sp³-hybridized carbons (Fsp3) is 0.412. The highest BCUT2D eigenvalue weighted by Gasteiger charge is 2.13. The van der Waals surface area contributed by atoms with Crippen LogP contribution in [0.5, 0.6) is 5.75 Å². The third kappa shape index (κ3) is 3.67. The largest absolute Gasteiger partial charge is 0.496 e. The van der Waals surface area contributed by atoms with Gasteiger partial charge in [-0.05, 0) is 44.9 Å². The lowest BCUT2D eigenvalue weighted by Gasteiger charge is -2.08. The van der Waals surface area contributed by atoms with Crippen molar-refractivity contribution in [2.45, 2.75) is 33.2 Å². The Bertz CT molecular complexity index is 647. The zero-order valence-corrected chi connectivity index (χ0v) is 13.6. The molecule has 2 aromatic rings. The first-order valence-corrected chi connectivity index (χ1v) is 7.49. The molecule has 0 saturated heterocycles. The zero-order chi connectivity index (χ0) is 16.1. The van der Waals surface area contributed by atoms with Gasteiger partial charge in [-0.3, -0.25) is 9.48 Å². The summed E-state index contributed by atoms with van der Waals surface area (Å²) in [5, 5.41) is 7.26. The predicted molar refractivity (Wildman–Crippen MR) is 86.4 cm³/mol. The molecule has 0 unspecified atom stereocenters. The van der Waals surface area contributed by atoms with Crippen LogP contribution in [0.25, 0.3) is 0 Å². The van der Waals surface area contributed by atoms with E-state index in [1.807, 2.05) is 55.8 Å². The van der Waals surface area contributed by atoms with Crippen LogP contribution in [0.3, 0.4) is 0 Å².